The first-order chi connectivity index (χ1) is 9.74. The largest absolute Gasteiger partial charge is 0.516 e. The molecule has 0 aromatic rings. The van der Waals surface area contributed by atoms with Crippen LogP contribution in [0.1, 0.15) is 39.0 Å². The maximum atomic E-state index is 9.55. The van der Waals surface area contributed by atoms with Crippen molar-refractivity contribution in [2.24, 2.45) is 29.1 Å². The summed E-state index contributed by atoms with van der Waals surface area (Å²) in [4.78, 5) is 0. The lowest BCUT2D eigenvalue weighted by molar-refractivity contribution is 0.0701. The number of aliphatic hydroxyl groups is 1. The fraction of sp³-hybridized carbons (Fsp3) is 0.579. The van der Waals surface area contributed by atoms with Gasteiger partial charge in [0.2, 0.25) is 0 Å². The summed E-state index contributed by atoms with van der Waals surface area (Å²) in [5.41, 5.74) is 3.10. The Bertz CT molecular complexity index is 536. The van der Waals surface area contributed by atoms with E-state index in [1.54, 1.807) is 5.57 Å². The fourth-order valence-corrected chi connectivity index (χ4v) is 5.45. The summed E-state index contributed by atoms with van der Waals surface area (Å²) in [5, 5.41) is 9.55. The van der Waals surface area contributed by atoms with E-state index >= 15 is 0 Å². The Morgan fingerprint density at radius 3 is 3.05 bits per heavy atom. The van der Waals surface area contributed by atoms with E-state index < -0.39 is 0 Å². The van der Waals surface area contributed by atoms with Crippen LogP contribution >= 0.6 is 0 Å². The van der Waals surface area contributed by atoms with Crippen LogP contribution in [0.2, 0.25) is 0 Å². The van der Waals surface area contributed by atoms with E-state index in [-0.39, 0.29) is 5.41 Å². The van der Waals surface area contributed by atoms with Gasteiger partial charge >= 0.3 is 0 Å². The highest BCUT2D eigenvalue weighted by Crippen LogP contribution is 2.61. The summed E-state index contributed by atoms with van der Waals surface area (Å²) in [6.45, 7) is 2.39. The second kappa shape index (κ2) is 4.38. The smallest absolute Gasteiger partial charge is 0.0789 e. The molecular formula is C19H24O. The molecule has 5 atom stereocenters. The topological polar surface area (TPSA) is 20.2 Å². The molecule has 4 aliphatic rings. The second-order valence-electron chi connectivity index (χ2n) is 7.25. The van der Waals surface area contributed by atoms with E-state index in [0.29, 0.717) is 11.8 Å². The van der Waals surface area contributed by atoms with Crippen molar-refractivity contribution in [2.45, 2.75) is 39.0 Å². The average molecular weight is 268 g/mol. The van der Waals surface area contributed by atoms with Crippen LogP contribution in [0.15, 0.2) is 47.8 Å². The van der Waals surface area contributed by atoms with Crippen molar-refractivity contribution in [3.63, 3.8) is 0 Å². The lowest BCUT2D eigenvalue weighted by atomic mass is 9.54. The molecule has 4 aliphatic carbocycles. The van der Waals surface area contributed by atoms with Crippen molar-refractivity contribution in [1.82, 2.24) is 0 Å². The fourth-order valence-electron chi connectivity index (χ4n) is 5.45. The maximum Gasteiger partial charge on any atom is 0.0789 e. The summed E-state index contributed by atoms with van der Waals surface area (Å²) < 4.78 is 0. The summed E-state index contributed by atoms with van der Waals surface area (Å²) >= 11 is 0. The molecule has 4 rings (SSSR count). The Morgan fingerprint density at radius 2 is 2.20 bits per heavy atom. The number of hydrogen-bond donors (Lipinski definition) is 1. The summed E-state index contributed by atoms with van der Waals surface area (Å²) in [5.74, 6) is 2.88. The first-order valence-corrected chi connectivity index (χ1v) is 8.13. The zero-order chi connectivity index (χ0) is 13.7. The minimum absolute atomic E-state index is 0.250. The highest BCUT2D eigenvalue weighted by Gasteiger charge is 2.52. The highest BCUT2D eigenvalue weighted by atomic mass is 16.2. The molecule has 0 aromatic heterocycles. The maximum absolute atomic E-state index is 9.55. The number of hydrogen-bond acceptors (Lipinski definition) is 1. The van der Waals surface area contributed by atoms with Crippen LogP contribution in [0, 0.1) is 29.1 Å². The van der Waals surface area contributed by atoms with Gasteiger partial charge in [-0.15, -0.1) is 0 Å². The van der Waals surface area contributed by atoms with Gasteiger partial charge < -0.3 is 5.11 Å². The third-order valence-corrected chi connectivity index (χ3v) is 6.58. The van der Waals surface area contributed by atoms with Gasteiger partial charge in [0.25, 0.3) is 0 Å². The molecule has 0 spiro atoms. The molecule has 1 N–H and O–H groups in total. The predicted molar refractivity (Wildman–Crippen MR) is 82.2 cm³/mol. The molecule has 0 bridgehead atoms. The Balaban J connectivity index is 1.72. The normalized spacial score (nSPS) is 47.6. The van der Waals surface area contributed by atoms with Gasteiger partial charge in [-0.05, 0) is 66.4 Å². The number of fused-ring (bicyclic) bond motifs is 5. The molecule has 0 radical (unpaired) electrons. The van der Waals surface area contributed by atoms with Crippen LogP contribution in [0.3, 0.4) is 0 Å². The Morgan fingerprint density at radius 1 is 1.30 bits per heavy atom. The minimum atomic E-state index is 0.250. The SMILES string of the molecule is C[C@]12CC[C@H]3[C@@H](C=CC4=CCC=C[C@@H]43)[C@@H]1CC/C2=C/O. The predicted octanol–water partition coefficient (Wildman–Crippen LogP) is 4.94. The van der Waals surface area contributed by atoms with E-state index in [0.717, 1.165) is 24.7 Å². The van der Waals surface area contributed by atoms with Crippen LogP contribution < -0.4 is 0 Å². The molecule has 0 saturated heterocycles. The van der Waals surface area contributed by atoms with Crippen molar-refractivity contribution in [1.29, 1.82) is 0 Å². The second-order valence-corrected chi connectivity index (χ2v) is 7.25. The Hall–Kier alpha value is -1.24. The van der Waals surface area contributed by atoms with E-state index in [1.807, 2.05) is 0 Å². The number of aliphatic hydroxyl groups excluding tert-OH is 1. The van der Waals surface area contributed by atoms with Crippen molar-refractivity contribution in [3.8, 4) is 0 Å². The van der Waals surface area contributed by atoms with Crippen molar-refractivity contribution in [3.05, 3.63) is 47.8 Å². The molecule has 106 valence electrons. The van der Waals surface area contributed by atoms with Crippen molar-refractivity contribution >= 4 is 0 Å². The molecular weight excluding hydrogens is 244 g/mol. The Labute approximate surface area is 121 Å². The average Bonchev–Trinajstić information content (AvgIpc) is 2.83. The van der Waals surface area contributed by atoms with Crippen LogP contribution in [-0.2, 0) is 0 Å². The molecule has 2 saturated carbocycles. The molecule has 20 heavy (non-hydrogen) atoms. The molecule has 0 amide bonds. The highest BCUT2D eigenvalue weighted by molar-refractivity contribution is 5.36. The zero-order valence-electron chi connectivity index (χ0n) is 12.3. The van der Waals surface area contributed by atoms with Gasteiger partial charge in [0.15, 0.2) is 0 Å². The van der Waals surface area contributed by atoms with Crippen LogP contribution in [0.25, 0.3) is 0 Å². The monoisotopic (exact) mass is 268 g/mol. The molecule has 0 heterocycles. The molecule has 2 fully saturated rings. The third-order valence-electron chi connectivity index (χ3n) is 6.58. The standard InChI is InChI=1S/C19H24O/c1-19-11-10-16-15-5-3-2-4-13(15)6-8-17(16)18(19)9-7-14(19)12-20/h3-6,8,12,15-18,20H,2,7,9-11H2,1H3/b14-12-/t15-,16+,17+,18-,19+/m0/s1. The van der Waals surface area contributed by atoms with Gasteiger partial charge in [-0.1, -0.05) is 37.3 Å². The van der Waals surface area contributed by atoms with Gasteiger partial charge in [0.05, 0.1) is 6.26 Å². The number of allylic oxidation sites excluding steroid dienone is 7. The van der Waals surface area contributed by atoms with E-state index in [9.17, 15) is 5.11 Å². The number of rotatable bonds is 0. The lowest BCUT2D eigenvalue weighted by Gasteiger charge is -2.50. The molecule has 1 nitrogen and oxygen atoms in total. The minimum Gasteiger partial charge on any atom is -0.516 e. The van der Waals surface area contributed by atoms with Gasteiger partial charge in [-0.3, -0.25) is 0 Å². The summed E-state index contributed by atoms with van der Waals surface area (Å²) in [7, 11) is 0. The zero-order valence-corrected chi connectivity index (χ0v) is 12.3. The molecule has 0 aromatic carbocycles. The van der Waals surface area contributed by atoms with Crippen LogP contribution in [0.5, 0.6) is 0 Å². The van der Waals surface area contributed by atoms with Gasteiger partial charge in [0.1, 0.15) is 0 Å². The van der Waals surface area contributed by atoms with Gasteiger partial charge in [-0.2, -0.15) is 0 Å². The third kappa shape index (κ3) is 1.55. The van der Waals surface area contributed by atoms with Crippen molar-refractivity contribution in [2.75, 3.05) is 0 Å². The molecule has 0 aliphatic heterocycles. The first kappa shape index (κ1) is 12.5. The van der Waals surface area contributed by atoms with E-state index in [4.69, 9.17) is 0 Å². The van der Waals surface area contributed by atoms with Crippen LogP contribution in [-0.4, -0.2) is 5.11 Å². The quantitative estimate of drug-likeness (QED) is 0.487. The summed E-state index contributed by atoms with van der Waals surface area (Å²) in [6, 6.07) is 0. The first-order valence-electron chi connectivity index (χ1n) is 8.13. The van der Waals surface area contributed by atoms with Crippen LogP contribution in [0.4, 0.5) is 0 Å². The molecule has 1 heteroatoms. The Kier molecular flexibility index (Phi) is 2.73. The van der Waals surface area contributed by atoms with Crippen molar-refractivity contribution < 1.29 is 5.11 Å². The lowest BCUT2D eigenvalue weighted by Crippen LogP contribution is -2.42. The van der Waals surface area contributed by atoms with E-state index in [2.05, 4.69) is 37.3 Å². The van der Waals surface area contributed by atoms with Gasteiger partial charge in [-0.25, -0.2) is 0 Å². The van der Waals surface area contributed by atoms with Gasteiger partial charge in [0, 0.05) is 5.92 Å². The summed E-state index contributed by atoms with van der Waals surface area (Å²) in [6.07, 6.45) is 19.5. The van der Waals surface area contributed by atoms with E-state index in [1.165, 1.54) is 31.1 Å². The molecule has 0 unspecified atom stereocenters.